The van der Waals surface area contributed by atoms with Crippen LogP contribution in [-0.4, -0.2) is 10.5 Å². The minimum atomic E-state index is -0.364. The predicted octanol–water partition coefficient (Wildman–Crippen LogP) is 5.96. The average Bonchev–Trinajstić information content (AvgIpc) is 2.76. The minimum absolute atomic E-state index is 0.178. The number of nitrogens with one attached hydrogen (secondary N) is 1. The molecule has 0 spiro atoms. The van der Waals surface area contributed by atoms with Crippen molar-refractivity contribution in [1.82, 2.24) is 4.57 Å². The molecule has 3 rings (SSSR count). The van der Waals surface area contributed by atoms with Crippen LogP contribution in [0, 0.1) is 20.8 Å². The molecule has 1 N–H and O–H groups in total. The summed E-state index contributed by atoms with van der Waals surface area (Å²) in [4.78, 5) is 26.4. The molecule has 5 heteroatoms. The lowest BCUT2D eigenvalue weighted by atomic mass is 10.0. The molecule has 162 valence electrons. The van der Waals surface area contributed by atoms with Gasteiger partial charge in [-0.3, -0.25) is 9.59 Å². The number of pyridine rings is 1. The Hall–Kier alpha value is -2.66. The van der Waals surface area contributed by atoms with Crippen molar-refractivity contribution in [3.8, 4) is 0 Å². The van der Waals surface area contributed by atoms with Crippen molar-refractivity contribution in [2.24, 2.45) is 0 Å². The number of nitrogens with zero attached hydrogens (tertiary/aromatic N) is 1. The van der Waals surface area contributed by atoms with Crippen molar-refractivity contribution in [3.05, 3.63) is 96.4 Å². The number of carbonyl (C=O) groups is 1. The van der Waals surface area contributed by atoms with E-state index in [-0.39, 0.29) is 16.9 Å². The lowest BCUT2D eigenvalue weighted by molar-refractivity contribution is 0.102. The van der Waals surface area contributed by atoms with Crippen LogP contribution in [-0.2, 0) is 19.4 Å². The molecule has 0 saturated heterocycles. The van der Waals surface area contributed by atoms with E-state index in [0.29, 0.717) is 16.7 Å². The second-order valence-electron chi connectivity index (χ2n) is 7.87. The van der Waals surface area contributed by atoms with Crippen molar-refractivity contribution in [3.63, 3.8) is 0 Å². The number of rotatable bonds is 6. The van der Waals surface area contributed by atoms with E-state index in [0.717, 1.165) is 40.9 Å². The Balaban J connectivity index is 2.07. The van der Waals surface area contributed by atoms with E-state index in [2.05, 4.69) is 66.3 Å². The Morgan fingerprint density at radius 3 is 2.06 bits per heavy atom. The van der Waals surface area contributed by atoms with Crippen molar-refractivity contribution in [2.75, 3.05) is 5.32 Å². The molecule has 1 amide bonds. The zero-order valence-electron chi connectivity index (χ0n) is 18.8. The standard InChI is InChI=1S/C26H29BrN2O2/c1-6-20-9-8-10-21(7-2)24(20)28-26(31)22-17(4)29(18(5)23(27)25(22)30)15-19-13-11-16(3)12-14-19/h8-14H,6-7,15H2,1-5H3,(H,28,31). The number of hydrogen-bond acceptors (Lipinski definition) is 2. The highest BCUT2D eigenvalue weighted by Gasteiger charge is 2.22. The molecule has 1 aromatic heterocycles. The fourth-order valence-electron chi connectivity index (χ4n) is 3.90. The summed E-state index contributed by atoms with van der Waals surface area (Å²) in [6.45, 7) is 10.5. The zero-order chi connectivity index (χ0) is 22.7. The molecule has 0 bridgehead atoms. The fraction of sp³-hybridized carbons (Fsp3) is 0.308. The van der Waals surface area contributed by atoms with Gasteiger partial charge in [0.1, 0.15) is 5.56 Å². The molecule has 0 aliphatic carbocycles. The van der Waals surface area contributed by atoms with Gasteiger partial charge in [0.25, 0.3) is 5.91 Å². The molecule has 2 aromatic carbocycles. The van der Waals surface area contributed by atoms with Crippen LogP contribution in [0.15, 0.2) is 51.7 Å². The maximum absolute atomic E-state index is 13.4. The molecule has 0 unspecified atom stereocenters. The number of anilines is 1. The first kappa shape index (κ1) is 23.0. The van der Waals surface area contributed by atoms with Crippen LogP contribution >= 0.6 is 15.9 Å². The van der Waals surface area contributed by atoms with Crippen LogP contribution in [0.3, 0.4) is 0 Å². The number of halogens is 1. The van der Waals surface area contributed by atoms with Gasteiger partial charge in [0.05, 0.1) is 4.47 Å². The smallest absolute Gasteiger partial charge is 0.261 e. The van der Waals surface area contributed by atoms with E-state index in [1.54, 1.807) is 0 Å². The molecule has 1 heterocycles. The fourth-order valence-corrected chi connectivity index (χ4v) is 4.32. The van der Waals surface area contributed by atoms with E-state index in [4.69, 9.17) is 0 Å². The highest BCUT2D eigenvalue weighted by Crippen LogP contribution is 2.25. The first-order valence-electron chi connectivity index (χ1n) is 10.7. The Kier molecular flexibility index (Phi) is 7.16. The number of amides is 1. The van der Waals surface area contributed by atoms with Crippen LogP contribution in [0.5, 0.6) is 0 Å². The van der Waals surface area contributed by atoms with Gasteiger partial charge in [0.2, 0.25) is 5.43 Å². The molecular formula is C26H29BrN2O2. The molecule has 0 radical (unpaired) electrons. The maximum atomic E-state index is 13.4. The average molecular weight is 481 g/mol. The first-order valence-corrected chi connectivity index (χ1v) is 11.4. The second-order valence-corrected chi connectivity index (χ2v) is 8.67. The number of aryl methyl sites for hydroxylation is 3. The third-order valence-corrected chi connectivity index (χ3v) is 6.78. The maximum Gasteiger partial charge on any atom is 0.261 e. The zero-order valence-corrected chi connectivity index (χ0v) is 20.4. The molecule has 0 saturated carbocycles. The summed E-state index contributed by atoms with van der Waals surface area (Å²) in [6.07, 6.45) is 1.61. The Morgan fingerprint density at radius 2 is 1.52 bits per heavy atom. The molecular weight excluding hydrogens is 452 g/mol. The van der Waals surface area contributed by atoms with Crippen LogP contribution in [0.4, 0.5) is 5.69 Å². The minimum Gasteiger partial charge on any atom is -0.343 e. The molecule has 0 aliphatic rings. The summed E-state index contributed by atoms with van der Waals surface area (Å²) in [5, 5.41) is 3.05. The van der Waals surface area contributed by atoms with Gasteiger partial charge >= 0.3 is 0 Å². The van der Waals surface area contributed by atoms with Crippen LogP contribution in [0.25, 0.3) is 0 Å². The van der Waals surface area contributed by atoms with Crippen LogP contribution < -0.4 is 10.7 Å². The molecule has 0 aliphatic heterocycles. The van der Waals surface area contributed by atoms with Gasteiger partial charge in [-0.1, -0.05) is 61.9 Å². The molecule has 4 nitrogen and oxygen atoms in total. The van der Waals surface area contributed by atoms with Crippen molar-refractivity contribution >= 4 is 27.5 Å². The summed E-state index contributed by atoms with van der Waals surface area (Å²) in [5.41, 5.74) is 6.63. The van der Waals surface area contributed by atoms with E-state index < -0.39 is 0 Å². The van der Waals surface area contributed by atoms with Gasteiger partial charge in [-0.25, -0.2) is 0 Å². The van der Waals surface area contributed by atoms with E-state index in [9.17, 15) is 9.59 Å². The third-order valence-electron chi connectivity index (χ3n) is 5.84. The summed E-state index contributed by atoms with van der Waals surface area (Å²) >= 11 is 3.44. The lowest BCUT2D eigenvalue weighted by Gasteiger charge is -2.20. The topological polar surface area (TPSA) is 51.1 Å². The van der Waals surface area contributed by atoms with Gasteiger partial charge in [0, 0.05) is 23.6 Å². The lowest BCUT2D eigenvalue weighted by Crippen LogP contribution is -2.29. The summed E-state index contributed by atoms with van der Waals surface area (Å²) in [6, 6.07) is 14.3. The van der Waals surface area contributed by atoms with Crippen LogP contribution in [0.1, 0.15) is 57.8 Å². The summed E-state index contributed by atoms with van der Waals surface area (Å²) < 4.78 is 2.45. The van der Waals surface area contributed by atoms with Crippen molar-refractivity contribution in [2.45, 2.75) is 54.0 Å². The largest absolute Gasteiger partial charge is 0.343 e. The monoisotopic (exact) mass is 480 g/mol. The van der Waals surface area contributed by atoms with Crippen molar-refractivity contribution in [1.29, 1.82) is 0 Å². The molecule has 0 atom stereocenters. The predicted molar refractivity (Wildman–Crippen MR) is 131 cm³/mol. The molecule has 0 fully saturated rings. The highest BCUT2D eigenvalue weighted by molar-refractivity contribution is 9.10. The van der Waals surface area contributed by atoms with Gasteiger partial charge < -0.3 is 9.88 Å². The van der Waals surface area contributed by atoms with Gasteiger partial charge in [0.15, 0.2) is 0 Å². The Labute approximate surface area is 192 Å². The van der Waals surface area contributed by atoms with Gasteiger partial charge in [-0.05, 0) is 66.2 Å². The number of aromatic nitrogens is 1. The highest BCUT2D eigenvalue weighted by atomic mass is 79.9. The SMILES string of the molecule is CCc1cccc(CC)c1NC(=O)c1c(C)n(Cc2ccc(C)cc2)c(C)c(Br)c1=O. The number of para-hydroxylation sites is 1. The Bertz CT molecular complexity index is 1160. The summed E-state index contributed by atoms with van der Waals surface area (Å²) in [5.74, 6) is -0.364. The van der Waals surface area contributed by atoms with E-state index >= 15 is 0 Å². The first-order chi connectivity index (χ1) is 14.8. The quantitative estimate of drug-likeness (QED) is 0.472. The second kappa shape index (κ2) is 9.65. The number of hydrogen-bond donors (Lipinski definition) is 1. The third kappa shape index (κ3) is 4.67. The molecule has 31 heavy (non-hydrogen) atoms. The number of benzene rings is 2. The molecule has 3 aromatic rings. The van der Waals surface area contributed by atoms with Crippen LogP contribution in [0.2, 0.25) is 0 Å². The van der Waals surface area contributed by atoms with E-state index in [1.165, 1.54) is 5.56 Å². The normalized spacial score (nSPS) is 10.9. The van der Waals surface area contributed by atoms with Crippen molar-refractivity contribution < 1.29 is 4.79 Å². The van der Waals surface area contributed by atoms with E-state index in [1.807, 2.05) is 36.6 Å². The number of carbonyl (C=O) groups excluding carboxylic acids is 1. The van der Waals surface area contributed by atoms with Gasteiger partial charge in [-0.2, -0.15) is 0 Å². The Morgan fingerprint density at radius 1 is 0.935 bits per heavy atom. The summed E-state index contributed by atoms with van der Waals surface area (Å²) in [7, 11) is 0. The van der Waals surface area contributed by atoms with Gasteiger partial charge in [-0.15, -0.1) is 0 Å².